The van der Waals surface area contributed by atoms with Crippen LogP contribution in [0, 0.1) is 11.2 Å². The molecule has 1 fully saturated rings. The molecule has 0 aliphatic carbocycles. The summed E-state index contributed by atoms with van der Waals surface area (Å²) in [6.07, 6.45) is 4.05. The summed E-state index contributed by atoms with van der Waals surface area (Å²) < 4.78 is 12.8. The average Bonchev–Trinajstić information content (AvgIpc) is 2.39. The molecule has 1 aliphatic rings. The smallest absolute Gasteiger partial charge is 0.225 e. The van der Waals surface area contributed by atoms with E-state index in [0.717, 1.165) is 25.9 Å². The molecule has 1 aliphatic heterocycles. The quantitative estimate of drug-likeness (QED) is 0.896. The van der Waals surface area contributed by atoms with Crippen LogP contribution in [0.4, 0.5) is 10.3 Å². The second-order valence-corrected chi connectivity index (χ2v) is 6.19. The summed E-state index contributed by atoms with van der Waals surface area (Å²) in [4.78, 5) is 21.9. The lowest BCUT2D eigenvalue weighted by Crippen LogP contribution is -2.48. The van der Waals surface area contributed by atoms with E-state index in [0.29, 0.717) is 5.95 Å². The SMILES string of the molecule is CC(C)(C)C(=O)NC1CCN(c2ncc(F)cn2)CC1. The lowest BCUT2D eigenvalue weighted by Gasteiger charge is -2.33. The van der Waals surface area contributed by atoms with Crippen molar-refractivity contribution < 1.29 is 9.18 Å². The number of hydrogen-bond acceptors (Lipinski definition) is 4. The Balaban J connectivity index is 1.86. The van der Waals surface area contributed by atoms with Gasteiger partial charge in [-0.05, 0) is 12.8 Å². The van der Waals surface area contributed by atoms with Crippen molar-refractivity contribution in [2.75, 3.05) is 18.0 Å². The van der Waals surface area contributed by atoms with Gasteiger partial charge in [-0.2, -0.15) is 0 Å². The van der Waals surface area contributed by atoms with Crippen LogP contribution in [0.15, 0.2) is 12.4 Å². The fourth-order valence-electron chi connectivity index (χ4n) is 2.09. The molecule has 1 aromatic heterocycles. The molecule has 1 aromatic rings. The summed E-state index contributed by atoms with van der Waals surface area (Å²) in [7, 11) is 0. The predicted octanol–water partition coefficient (Wildman–Crippen LogP) is 1.75. The first-order chi connectivity index (χ1) is 9.36. The molecule has 110 valence electrons. The van der Waals surface area contributed by atoms with Crippen molar-refractivity contribution in [3.05, 3.63) is 18.2 Å². The number of aromatic nitrogens is 2. The van der Waals surface area contributed by atoms with Gasteiger partial charge in [0.1, 0.15) is 0 Å². The van der Waals surface area contributed by atoms with E-state index in [9.17, 15) is 9.18 Å². The highest BCUT2D eigenvalue weighted by molar-refractivity contribution is 5.81. The number of nitrogens with zero attached hydrogens (tertiary/aromatic N) is 3. The molecule has 1 amide bonds. The van der Waals surface area contributed by atoms with E-state index < -0.39 is 5.82 Å². The van der Waals surface area contributed by atoms with Gasteiger partial charge in [-0.25, -0.2) is 14.4 Å². The van der Waals surface area contributed by atoms with Crippen LogP contribution < -0.4 is 10.2 Å². The minimum atomic E-state index is -0.430. The van der Waals surface area contributed by atoms with Gasteiger partial charge < -0.3 is 10.2 Å². The highest BCUT2D eigenvalue weighted by Gasteiger charge is 2.27. The number of halogens is 1. The van der Waals surface area contributed by atoms with E-state index >= 15 is 0 Å². The first-order valence-electron chi connectivity index (χ1n) is 6.90. The third-order valence-corrected chi connectivity index (χ3v) is 3.40. The number of rotatable bonds is 2. The Morgan fingerprint density at radius 2 is 1.85 bits per heavy atom. The molecule has 0 saturated carbocycles. The second-order valence-electron chi connectivity index (χ2n) is 6.19. The number of amides is 1. The van der Waals surface area contributed by atoms with E-state index in [1.54, 1.807) is 0 Å². The van der Waals surface area contributed by atoms with E-state index in [4.69, 9.17) is 0 Å². The number of carbonyl (C=O) groups is 1. The van der Waals surface area contributed by atoms with Crippen molar-refractivity contribution in [1.29, 1.82) is 0 Å². The third kappa shape index (κ3) is 3.65. The Hall–Kier alpha value is -1.72. The molecule has 0 spiro atoms. The molecular formula is C14H21FN4O. The Kier molecular flexibility index (Phi) is 4.20. The summed E-state index contributed by atoms with van der Waals surface area (Å²) >= 11 is 0. The molecule has 20 heavy (non-hydrogen) atoms. The molecule has 0 radical (unpaired) electrons. The highest BCUT2D eigenvalue weighted by atomic mass is 19.1. The molecular weight excluding hydrogens is 259 g/mol. The maximum Gasteiger partial charge on any atom is 0.225 e. The second kappa shape index (κ2) is 5.73. The van der Waals surface area contributed by atoms with Crippen LogP contribution in [0.25, 0.3) is 0 Å². The highest BCUT2D eigenvalue weighted by Crippen LogP contribution is 2.18. The van der Waals surface area contributed by atoms with E-state index in [1.807, 2.05) is 25.7 Å². The lowest BCUT2D eigenvalue weighted by molar-refractivity contribution is -0.129. The molecule has 1 N–H and O–H groups in total. The molecule has 2 rings (SSSR count). The van der Waals surface area contributed by atoms with Crippen LogP contribution in [0.5, 0.6) is 0 Å². The molecule has 2 heterocycles. The van der Waals surface area contributed by atoms with Crippen molar-refractivity contribution in [2.45, 2.75) is 39.7 Å². The van der Waals surface area contributed by atoms with Crippen LogP contribution in [-0.4, -0.2) is 35.0 Å². The van der Waals surface area contributed by atoms with Crippen molar-refractivity contribution in [1.82, 2.24) is 15.3 Å². The van der Waals surface area contributed by atoms with Gasteiger partial charge in [0.05, 0.1) is 12.4 Å². The van der Waals surface area contributed by atoms with Gasteiger partial charge in [0.25, 0.3) is 0 Å². The number of hydrogen-bond donors (Lipinski definition) is 1. The van der Waals surface area contributed by atoms with Crippen LogP contribution >= 0.6 is 0 Å². The minimum absolute atomic E-state index is 0.0778. The minimum Gasteiger partial charge on any atom is -0.353 e. The maximum absolute atomic E-state index is 12.8. The third-order valence-electron chi connectivity index (χ3n) is 3.40. The summed E-state index contributed by atoms with van der Waals surface area (Å²) in [6, 6.07) is 0.193. The number of piperidine rings is 1. The molecule has 1 saturated heterocycles. The first kappa shape index (κ1) is 14.7. The van der Waals surface area contributed by atoms with Gasteiger partial charge >= 0.3 is 0 Å². The first-order valence-corrected chi connectivity index (χ1v) is 6.90. The molecule has 0 atom stereocenters. The fourth-order valence-corrected chi connectivity index (χ4v) is 2.09. The molecule has 5 nitrogen and oxygen atoms in total. The standard InChI is InChI=1S/C14H21FN4O/c1-14(2,3)12(20)18-11-4-6-19(7-5-11)13-16-8-10(15)9-17-13/h8-9,11H,4-7H2,1-3H3,(H,18,20). The van der Waals surface area contributed by atoms with Gasteiger partial charge in [0.15, 0.2) is 5.82 Å². The number of anilines is 1. The van der Waals surface area contributed by atoms with Gasteiger partial charge in [0.2, 0.25) is 11.9 Å². The van der Waals surface area contributed by atoms with Crippen LogP contribution in [0.1, 0.15) is 33.6 Å². The van der Waals surface area contributed by atoms with Crippen LogP contribution in [-0.2, 0) is 4.79 Å². The zero-order valence-electron chi connectivity index (χ0n) is 12.2. The topological polar surface area (TPSA) is 58.1 Å². The zero-order valence-corrected chi connectivity index (χ0v) is 12.2. The Labute approximate surface area is 118 Å². The summed E-state index contributed by atoms with van der Waals surface area (Å²) in [5, 5.41) is 3.07. The lowest BCUT2D eigenvalue weighted by atomic mass is 9.94. The molecule has 0 aromatic carbocycles. The van der Waals surface area contributed by atoms with E-state index in [-0.39, 0.29) is 17.4 Å². The fraction of sp³-hybridized carbons (Fsp3) is 0.643. The van der Waals surface area contributed by atoms with Crippen LogP contribution in [0.2, 0.25) is 0 Å². The van der Waals surface area contributed by atoms with Gasteiger partial charge in [-0.1, -0.05) is 20.8 Å². The zero-order chi connectivity index (χ0) is 14.8. The monoisotopic (exact) mass is 280 g/mol. The summed E-state index contributed by atoms with van der Waals surface area (Å²) in [6.45, 7) is 7.25. The van der Waals surface area contributed by atoms with E-state index in [1.165, 1.54) is 12.4 Å². The normalized spacial score (nSPS) is 17.1. The Morgan fingerprint density at radius 3 is 2.35 bits per heavy atom. The molecule has 0 unspecified atom stereocenters. The largest absolute Gasteiger partial charge is 0.353 e. The predicted molar refractivity (Wildman–Crippen MR) is 74.8 cm³/mol. The number of nitrogens with one attached hydrogen (secondary N) is 1. The number of carbonyl (C=O) groups excluding carboxylic acids is 1. The van der Waals surface area contributed by atoms with E-state index in [2.05, 4.69) is 15.3 Å². The van der Waals surface area contributed by atoms with Gasteiger partial charge in [-0.3, -0.25) is 4.79 Å². The Bertz CT molecular complexity index is 461. The van der Waals surface area contributed by atoms with Crippen molar-refractivity contribution >= 4 is 11.9 Å². The van der Waals surface area contributed by atoms with Gasteiger partial charge in [0, 0.05) is 24.5 Å². The van der Waals surface area contributed by atoms with Crippen molar-refractivity contribution in [3.63, 3.8) is 0 Å². The molecule has 6 heteroatoms. The summed E-state index contributed by atoms with van der Waals surface area (Å²) in [5.74, 6) is 0.196. The van der Waals surface area contributed by atoms with Crippen molar-refractivity contribution in [3.8, 4) is 0 Å². The van der Waals surface area contributed by atoms with Gasteiger partial charge in [-0.15, -0.1) is 0 Å². The van der Waals surface area contributed by atoms with Crippen LogP contribution in [0.3, 0.4) is 0 Å². The van der Waals surface area contributed by atoms with Crippen molar-refractivity contribution in [2.24, 2.45) is 5.41 Å². The average molecular weight is 280 g/mol. The summed E-state index contributed by atoms with van der Waals surface area (Å²) in [5.41, 5.74) is -0.364. The Morgan fingerprint density at radius 1 is 1.30 bits per heavy atom. The molecule has 0 bridgehead atoms. The maximum atomic E-state index is 12.8.